The average molecular weight is 282 g/mol. The Balaban J connectivity index is 2.49. The lowest BCUT2D eigenvalue weighted by atomic mass is 10.2. The molecule has 0 fully saturated rings. The Bertz CT molecular complexity index is 480. The van der Waals surface area contributed by atoms with Gasteiger partial charge in [-0.05, 0) is 52.0 Å². The minimum absolute atomic E-state index is 0.391. The molecule has 1 atom stereocenters. The lowest BCUT2D eigenvalue weighted by Crippen LogP contribution is -2.43. The van der Waals surface area contributed by atoms with Crippen molar-refractivity contribution in [1.82, 2.24) is 5.32 Å². The van der Waals surface area contributed by atoms with Crippen LogP contribution in [-0.4, -0.2) is 23.6 Å². The molecule has 0 aliphatic carbocycles. The van der Waals surface area contributed by atoms with Crippen molar-refractivity contribution in [3.05, 3.63) is 30.1 Å². The minimum Gasteiger partial charge on any atom is -0.458 e. The highest BCUT2D eigenvalue weighted by molar-refractivity contribution is 5.92. The molecule has 0 heterocycles. The summed E-state index contributed by atoms with van der Waals surface area (Å²) in [6.45, 7) is 6.76. The molecule has 0 radical (unpaired) electrons. The number of esters is 1. The number of ether oxygens (including phenoxy) is 1. The first kappa shape index (κ1) is 15.9. The van der Waals surface area contributed by atoms with Crippen LogP contribution in [0.4, 0.5) is 14.9 Å². The summed E-state index contributed by atoms with van der Waals surface area (Å²) in [5, 5.41) is 4.94. The zero-order valence-electron chi connectivity index (χ0n) is 12.0. The van der Waals surface area contributed by atoms with E-state index in [2.05, 4.69) is 10.6 Å². The van der Waals surface area contributed by atoms with Gasteiger partial charge in [0.1, 0.15) is 17.5 Å². The summed E-state index contributed by atoms with van der Waals surface area (Å²) in [4.78, 5) is 23.3. The van der Waals surface area contributed by atoms with Crippen LogP contribution in [0.25, 0.3) is 0 Å². The molecule has 0 saturated heterocycles. The molecule has 5 nitrogen and oxygen atoms in total. The van der Waals surface area contributed by atoms with Gasteiger partial charge in [0.2, 0.25) is 0 Å². The van der Waals surface area contributed by atoms with Gasteiger partial charge < -0.3 is 15.4 Å². The zero-order valence-corrected chi connectivity index (χ0v) is 12.0. The predicted molar refractivity (Wildman–Crippen MR) is 73.9 cm³/mol. The standard InChI is InChI=1S/C14H19FN2O3/c1-9(12(18)20-14(2,3)4)16-13(19)17-11-7-5-10(15)6-8-11/h5-9H,1-4H3,(H2,16,17,19)/t9-/m0/s1. The highest BCUT2D eigenvalue weighted by Crippen LogP contribution is 2.09. The molecule has 1 rings (SSSR count). The van der Waals surface area contributed by atoms with Gasteiger partial charge in [-0.25, -0.2) is 14.0 Å². The number of amides is 2. The summed E-state index contributed by atoms with van der Waals surface area (Å²) in [5.74, 6) is -0.912. The number of carbonyl (C=O) groups is 2. The van der Waals surface area contributed by atoms with Crippen LogP contribution in [0.2, 0.25) is 0 Å². The maximum absolute atomic E-state index is 12.7. The topological polar surface area (TPSA) is 67.4 Å². The number of nitrogens with one attached hydrogen (secondary N) is 2. The van der Waals surface area contributed by atoms with E-state index in [0.29, 0.717) is 5.69 Å². The third kappa shape index (κ3) is 5.69. The predicted octanol–water partition coefficient (Wildman–Crippen LogP) is 2.68. The first-order valence-corrected chi connectivity index (χ1v) is 6.23. The molecule has 6 heteroatoms. The summed E-state index contributed by atoms with van der Waals surface area (Å²) in [5.41, 5.74) is -0.180. The van der Waals surface area contributed by atoms with Crippen LogP contribution < -0.4 is 10.6 Å². The molecule has 20 heavy (non-hydrogen) atoms. The Labute approximate surface area is 117 Å². The van der Waals surface area contributed by atoms with Crippen molar-refractivity contribution >= 4 is 17.7 Å². The number of benzene rings is 1. The zero-order chi connectivity index (χ0) is 15.3. The Morgan fingerprint density at radius 3 is 2.25 bits per heavy atom. The molecule has 1 aromatic carbocycles. The van der Waals surface area contributed by atoms with Crippen molar-refractivity contribution in [2.24, 2.45) is 0 Å². The molecule has 1 aromatic rings. The van der Waals surface area contributed by atoms with E-state index >= 15 is 0 Å². The van der Waals surface area contributed by atoms with Crippen LogP contribution in [0.3, 0.4) is 0 Å². The second-order valence-corrected chi connectivity index (χ2v) is 5.36. The molecule has 0 aliphatic heterocycles. The summed E-state index contributed by atoms with van der Waals surface area (Å²) in [6, 6.07) is 3.96. The SMILES string of the molecule is C[C@H](NC(=O)Nc1ccc(F)cc1)C(=O)OC(C)(C)C. The van der Waals surface area contributed by atoms with E-state index in [0.717, 1.165) is 0 Å². The normalized spacial score (nSPS) is 12.4. The maximum Gasteiger partial charge on any atom is 0.328 e. The van der Waals surface area contributed by atoms with E-state index in [1.807, 2.05) is 0 Å². The summed E-state index contributed by atoms with van der Waals surface area (Å²) in [6.07, 6.45) is 0. The molecular weight excluding hydrogens is 263 g/mol. The molecule has 0 spiro atoms. The molecule has 0 aromatic heterocycles. The number of anilines is 1. The van der Waals surface area contributed by atoms with Gasteiger partial charge >= 0.3 is 12.0 Å². The van der Waals surface area contributed by atoms with E-state index in [-0.39, 0.29) is 0 Å². The fourth-order valence-corrected chi connectivity index (χ4v) is 1.35. The van der Waals surface area contributed by atoms with Crippen LogP contribution >= 0.6 is 0 Å². The van der Waals surface area contributed by atoms with E-state index in [1.165, 1.54) is 31.2 Å². The van der Waals surface area contributed by atoms with Gasteiger partial charge in [0.25, 0.3) is 0 Å². The van der Waals surface area contributed by atoms with Gasteiger partial charge in [-0.2, -0.15) is 0 Å². The van der Waals surface area contributed by atoms with E-state index < -0.39 is 29.5 Å². The second kappa shape index (κ2) is 6.36. The Hall–Kier alpha value is -2.11. The van der Waals surface area contributed by atoms with Gasteiger partial charge in [-0.3, -0.25) is 0 Å². The minimum atomic E-state index is -0.783. The number of rotatable bonds is 3. The summed E-state index contributed by atoms with van der Waals surface area (Å²) < 4.78 is 17.8. The van der Waals surface area contributed by atoms with Crippen LogP contribution in [0.1, 0.15) is 27.7 Å². The Kier molecular flexibility index (Phi) is 5.07. The number of urea groups is 1. The van der Waals surface area contributed by atoms with Crippen molar-refractivity contribution in [2.75, 3.05) is 5.32 Å². The molecule has 110 valence electrons. The van der Waals surface area contributed by atoms with Crippen molar-refractivity contribution in [2.45, 2.75) is 39.3 Å². The van der Waals surface area contributed by atoms with Gasteiger partial charge in [-0.1, -0.05) is 0 Å². The number of carbonyl (C=O) groups excluding carboxylic acids is 2. The monoisotopic (exact) mass is 282 g/mol. The largest absolute Gasteiger partial charge is 0.458 e. The fourth-order valence-electron chi connectivity index (χ4n) is 1.35. The molecular formula is C14H19FN2O3. The first-order chi connectivity index (χ1) is 9.17. The van der Waals surface area contributed by atoms with Gasteiger partial charge in [-0.15, -0.1) is 0 Å². The van der Waals surface area contributed by atoms with E-state index in [4.69, 9.17) is 4.74 Å². The van der Waals surface area contributed by atoms with Crippen LogP contribution in [-0.2, 0) is 9.53 Å². The van der Waals surface area contributed by atoms with Crippen LogP contribution in [0, 0.1) is 5.82 Å². The Morgan fingerprint density at radius 1 is 1.20 bits per heavy atom. The maximum atomic E-state index is 12.7. The highest BCUT2D eigenvalue weighted by atomic mass is 19.1. The molecule has 2 amide bonds. The summed E-state index contributed by atoms with van der Waals surface area (Å²) in [7, 11) is 0. The van der Waals surface area contributed by atoms with Crippen molar-refractivity contribution in [1.29, 1.82) is 0 Å². The van der Waals surface area contributed by atoms with Gasteiger partial charge in [0.15, 0.2) is 0 Å². The van der Waals surface area contributed by atoms with Gasteiger partial charge in [0, 0.05) is 5.69 Å². The van der Waals surface area contributed by atoms with Crippen molar-refractivity contribution < 1.29 is 18.7 Å². The molecule has 0 saturated carbocycles. The quantitative estimate of drug-likeness (QED) is 0.838. The fraction of sp³-hybridized carbons (Fsp3) is 0.429. The third-order valence-electron chi connectivity index (χ3n) is 2.21. The van der Waals surface area contributed by atoms with E-state index in [9.17, 15) is 14.0 Å². The number of halogens is 1. The van der Waals surface area contributed by atoms with Crippen molar-refractivity contribution in [3.8, 4) is 0 Å². The lowest BCUT2D eigenvalue weighted by Gasteiger charge is -2.22. The number of hydrogen-bond acceptors (Lipinski definition) is 3. The molecule has 0 aliphatic rings. The highest BCUT2D eigenvalue weighted by Gasteiger charge is 2.22. The van der Waals surface area contributed by atoms with Crippen molar-refractivity contribution in [3.63, 3.8) is 0 Å². The summed E-state index contributed by atoms with van der Waals surface area (Å²) >= 11 is 0. The Morgan fingerprint density at radius 2 is 1.75 bits per heavy atom. The lowest BCUT2D eigenvalue weighted by molar-refractivity contribution is -0.156. The second-order valence-electron chi connectivity index (χ2n) is 5.36. The molecule has 2 N–H and O–H groups in total. The van der Waals surface area contributed by atoms with Crippen LogP contribution in [0.5, 0.6) is 0 Å². The first-order valence-electron chi connectivity index (χ1n) is 6.23. The molecule has 0 bridgehead atoms. The van der Waals surface area contributed by atoms with Gasteiger partial charge in [0.05, 0.1) is 0 Å². The van der Waals surface area contributed by atoms with Crippen LogP contribution in [0.15, 0.2) is 24.3 Å². The molecule has 0 unspecified atom stereocenters. The van der Waals surface area contributed by atoms with E-state index in [1.54, 1.807) is 20.8 Å². The third-order valence-corrected chi connectivity index (χ3v) is 2.21. The number of hydrogen-bond donors (Lipinski definition) is 2. The average Bonchev–Trinajstić information content (AvgIpc) is 2.29. The smallest absolute Gasteiger partial charge is 0.328 e.